The van der Waals surface area contributed by atoms with Crippen molar-refractivity contribution in [1.82, 2.24) is 10.2 Å². The van der Waals surface area contributed by atoms with Gasteiger partial charge >= 0.3 is 11.8 Å². The Morgan fingerprint density at radius 3 is 2.23 bits per heavy atom. The molecule has 0 saturated carbocycles. The maximum atomic E-state index is 12.3. The summed E-state index contributed by atoms with van der Waals surface area (Å²) in [7, 11) is 0. The lowest BCUT2D eigenvalue weighted by Crippen LogP contribution is -2.52. The third-order valence-electron chi connectivity index (χ3n) is 4.49. The van der Waals surface area contributed by atoms with E-state index in [0.717, 1.165) is 24.3 Å². The topological polar surface area (TPSA) is 52.7 Å². The number of hydrogen-bond donors (Lipinski definition) is 1. The first-order chi connectivity index (χ1) is 12.6. The van der Waals surface area contributed by atoms with E-state index in [2.05, 4.69) is 22.3 Å². The number of halogens is 1. The number of para-hydroxylation sites is 1. The number of piperazine rings is 1. The van der Waals surface area contributed by atoms with Gasteiger partial charge < -0.3 is 15.1 Å². The van der Waals surface area contributed by atoms with Crippen molar-refractivity contribution in [3.63, 3.8) is 0 Å². The molecular formula is C20H22ClN3O2. The third-order valence-corrected chi connectivity index (χ3v) is 4.75. The standard InChI is InChI=1S/C20H22ClN3O2/c21-17-8-6-16(7-9-17)10-11-22-19(25)20(26)24-14-12-23(13-15-24)18-4-2-1-3-5-18/h1-9H,10-15H2,(H,22,25). The summed E-state index contributed by atoms with van der Waals surface area (Å²) in [4.78, 5) is 28.3. The number of rotatable bonds is 4. The van der Waals surface area contributed by atoms with E-state index in [-0.39, 0.29) is 0 Å². The van der Waals surface area contributed by atoms with Crippen molar-refractivity contribution in [1.29, 1.82) is 0 Å². The fourth-order valence-electron chi connectivity index (χ4n) is 3.00. The maximum absolute atomic E-state index is 12.3. The molecule has 2 aromatic rings. The van der Waals surface area contributed by atoms with Crippen LogP contribution in [0.25, 0.3) is 0 Å². The van der Waals surface area contributed by atoms with Crippen molar-refractivity contribution >= 4 is 29.1 Å². The van der Waals surface area contributed by atoms with Crippen LogP contribution in [-0.4, -0.2) is 49.4 Å². The highest BCUT2D eigenvalue weighted by Gasteiger charge is 2.25. The first kappa shape index (κ1) is 18.3. The molecule has 1 heterocycles. The van der Waals surface area contributed by atoms with Crippen molar-refractivity contribution in [2.24, 2.45) is 0 Å². The van der Waals surface area contributed by atoms with E-state index in [1.807, 2.05) is 42.5 Å². The summed E-state index contributed by atoms with van der Waals surface area (Å²) in [5.74, 6) is -0.985. The third kappa shape index (κ3) is 4.76. The second-order valence-corrected chi connectivity index (χ2v) is 6.68. The van der Waals surface area contributed by atoms with Crippen LogP contribution in [0.15, 0.2) is 54.6 Å². The molecule has 0 atom stereocenters. The molecular weight excluding hydrogens is 350 g/mol. The fourth-order valence-corrected chi connectivity index (χ4v) is 3.12. The van der Waals surface area contributed by atoms with Crippen molar-refractivity contribution in [3.05, 3.63) is 65.2 Å². The molecule has 26 heavy (non-hydrogen) atoms. The number of benzene rings is 2. The molecule has 2 amide bonds. The van der Waals surface area contributed by atoms with Crippen LogP contribution >= 0.6 is 11.6 Å². The average molecular weight is 372 g/mol. The Balaban J connectivity index is 1.43. The summed E-state index contributed by atoms with van der Waals surface area (Å²) in [6.07, 6.45) is 0.665. The number of amides is 2. The number of nitrogens with zero attached hydrogens (tertiary/aromatic N) is 2. The number of nitrogens with one attached hydrogen (secondary N) is 1. The summed E-state index contributed by atoms with van der Waals surface area (Å²) in [6, 6.07) is 17.6. The average Bonchev–Trinajstić information content (AvgIpc) is 2.69. The van der Waals surface area contributed by atoms with E-state index in [4.69, 9.17) is 11.6 Å². The predicted molar refractivity (Wildman–Crippen MR) is 103 cm³/mol. The van der Waals surface area contributed by atoms with Gasteiger partial charge in [-0.3, -0.25) is 9.59 Å². The molecule has 1 fully saturated rings. The van der Waals surface area contributed by atoms with Gasteiger partial charge in [-0.15, -0.1) is 0 Å². The zero-order valence-corrected chi connectivity index (χ0v) is 15.3. The van der Waals surface area contributed by atoms with Crippen molar-refractivity contribution in [3.8, 4) is 0 Å². The molecule has 0 aliphatic carbocycles. The minimum absolute atomic E-state index is 0.427. The first-order valence-electron chi connectivity index (χ1n) is 8.75. The molecule has 2 aromatic carbocycles. The van der Waals surface area contributed by atoms with Gasteiger partial charge in [-0.25, -0.2) is 0 Å². The molecule has 1 aliphatic rings. The van der Waals surface area contributed by atoms with Gasteiger partial charge in [0.05, 0.1) is 0 Å². The largest absolute Gasteiger partial charge is 0.368 e. The van der Waals surface area contributed by atoms with Crippen LogP contribution in [0.1, 0.15) is 5.56 Å². The molecule has 1 aliphatic heterocycles. The van der Waals surface area contributed by atoms with Crippen LogP contribution in [0.3, 0.4) is 0 Å². The van der Waals surface area contributed by atoms with E-state index in [9.17, 15) is 9.59 Å². The Bertz CT molecular complexity index is 741. The summed E-state index contributed by atoms with van der Waals surface area (Å²) in [5.41, 5.74) is 2.21. The summed E-state index contributed by atoms with van der Waals surface area (Å²) in [5, 5.41) is 3.39. The highest BCUT2D eigenvalue weighted by atomic mass is 35.5. The molecule has 0 unspecified atom stereocenters. The summed E-state index contributed by atoms with van der Waals surface area (Å²) >= 11 is 5.85. The summed E-state index contributed by atoms with van der Waals surface area (Å²) < 4.78 is 0. The number of hydrogen-bond acceptors (Lipinski definition) is 3. The van der Waals surface area contributed by atoms with Gasteiger partial charge in [-0.1, -0.05) is 41.9 Å². The molecule has 0 radical (unpaired) electrons. The molecule has 1 saturated heterocycles. The van der Waals surface area contributed by atoms with E-state index in [1.54, 1.807) is 4.90 Å². The SMILES string of the molecule is O=C(NCCc1ccc(Cl)cc1)C(=O)N1CCN(c2ccccc2)CC1. The molecule has 5 nitrogen and oxygen atoms in total. The zero-order chi connectivity index (χ0) is 18.4. The first-order valence-corrected chi connectivity index (χ1v) is 9.13. The van der Waals surface area contributed by atoms with Gasteiger partial charge in [-0.05, 0) is 36.2 Å². The van der Waals surface area contributed by atoms with E-state index >= 15 is 0 Å². The molecule has 0 aromatic heterocycles. The lowest BCUT2D eigenvalue weighted by molar-refractivity contribution is -0.146. The van der Waals surface area contributed by atoms with Crippen LogP contribution < -0.4 is 10.2 Å². The van der Waals surface area contributed by atoms with Crippen molar-refractivity contribution in [2.45, 2.75) is 6.42 Å². The number of carbonyl (C=O) groups is 2. The molecule has 136 valence electrons. The normalized spacial score (nSPS) is 14.2. The monoisotopic (exact) mass is 371 g/mol. The van der Waals surface area contributed by atoms with Crippen LogP contribution in [-0.2, 0) is 16.0 Å². The Hall–Kier alpha value is -2.53. The zero-order valence-electron chi connectivity index (χ0n) is 14.5. The molecule has 1 N–H and O–H groups in total. The van der Waals surface area contributed by atoms with Crippen LogP contribution in [0.2, 0.25) is 5.02 Å². The highest BCUT2D eigenvalue weighted by Crippen LogP contribution is 2.15. The smallest absolute Gasteiger partial charge is 0.312 e. The van der Waals surface area contributed by atoms with E-state index < -0.39 is 11.8 Å². The van der Waals surface area contributed by atoms with E-state index in [1.165, 1.54) is 0 Å². The lowest BCUT2D eigenvalue weighted by atomic mass is 10.1. The molecule has 3 rings (SSSR count). The van der Waals surface area contributed by atoms with Crippen molar-refractivity contribution in [2.75, 3.05) is 37.6 Å². The Morgan fingerprint density at radius 1 is 0.923 bits per heavy atom. The minimum Gasteiger partial charge on any atom is -0.368 e. The molecule has 0 bridgehead atoms. The highest BCUT2D eigenvalue weighted by molar-refractivity contribution is 6.35. The number of anilines is 1. The number of carbonyl (C=O) groups excluding carboxylic acids is 2. The fraction of sp³-hybridized carbons (Fsp3) is 0.300. The minimum atomic E-state index is -0.535. The maximum Gasteiger partial charge on any atom is 0.312 e. The van der Waals surface area contributed by atoms with Gasteiger partial charge in [0, 0.05) is 43.4 Å². The van der Waals surface area contributed by atoms with Crippen LogP contribution in [0.4, 0.5) is 5.69 Å². The van der Waals surface area contributed by atoms with Gasteiger partial charge in [0.2, 0.25) is 0 Å². The molecule has 0 spiro atoms. The Morgan fingerprint density at radius 2 is 1.58 bits per heavy atom. The van der Waals surface area contributed by atoms with Crippen molar-refractivity contribution < 1.29 is 9.59 Å². The van der Waals surface area contributed by atoms with Gasteiger partial charge in [0.25, 0.3) is 0 Å². The second kappa shape index (κ2) is 8.72. The summed E-state index contributed by atoms with van der Waals surface area (Å²) in [6.45, 7) is 2.99. The van der Waals surface area contributed by atoms with Gasteiger partial charge in [-0.2, -0.15) is 0 Å². The lowest BCUT2D eigenvalue weighted by Gasteiger charge is -2.35. The van der Waals surface area contributed by atoms with E-state index in [0.29, 0.717) is 31.1 Å². The van der Waals surface area contributed by atoms with Gasteiger partial charge in [0.15, 0.2) is 0 Å². The van der Waals surface area contributed by atoms with Crippen LogP contribution in [0, 0.1) is 0 Å². The Labute approximate surface area is 158 Å². The second-order valence-electron chi connectivity index (χ2n) is 6.25. The quantitative estimate of drug-likeness (QED) is 0.839. The molecule has 6 heteroatoms. The Kier molecular flexibility index (Phi) is 6.12. The van der Waals surface area contributed by atoms with Gasteiger partial charge in [0.1, 0.15) is 0 Å². The predicted octanol–water partition coefficient (Wildman–Crippen LogP) is 2.35. The van der Waals surface area contributed by atoms with Crippen LogP contribution in [0.5, 0.6) is 0 Å².